The first-order chi connectivity index (χ1) is 12.7. The van der Waals surface area contributed by atoms with Gasteiger partial charge < -0.3 is 4.74 Å². The average molecular weight is 345 g/mol. The van der Waals surface area contributed by atoms with Crippen molar-refractivity contribution < 1.29 is 14.3 Å². The molecule has 0 unspecified atom stereocenters. The number of para-hydroxylation sites is 1. The van der Waals surface area contributed by atoms with E-state index in [9.17, 15) is 9.59 Å². The van der Waals surface area contributed by atoms with E-state index in [4.69, 9.17) is 4.74 Å². The lowest BCUT2D eigenvalue weighted by Crippen LogP contribution is -2.45. The molecule has 5 aliphatic carbocycles. The van der Waals surface area contributed by atoms with Crippen molar-refractivity contribution in [1.29, 1.82) is 0 Å². The van der Waals surface area contributed by atoms with Gasteiger partial charge in [0.25, 0.3) is 0 Å². The largest absolute Gasteiger partial charge is 0.361 e. The highest BCUT2D eigenvalue weighted by Crippen LogP contribution is 2.93. The van der Waals surface area contributed by atoms with Crippen molar-refractivity contribution in [3.05, 3.63) is 42.5 Å². The van der Waals surface area contributed by atoms with E-state index in [0.29, 0.717) is 11.8 Å². The number of hydrogen-bond acceptors (Lipinski definition) is 3. The van der Waals surface area contributed by atoms with Crippen LogP contribution in [0.2, 0.25) is 0 Å². The van der Waals surface area contributed by atoms with Gasteiger partial charge in [-0.1, -0.05) is 30.4 Å². The predicted molar refractivity (Wildman–Crippen MR) is 91.8 cm³/mol. The molecule has 8 atom stereocenters. The second-order valence-corrected chi connectivity index (χ2v) is 9.61. The zero-order chi connectivity index (χ0) is 17.1. The molecule has 1 aromatic carbocycles. The maximum Gasteiger partial charge on any atom is 0.238 e. The van der Waals surface area contributed by atoms with Gasteiger partial charge in [0.15, 0.2) is 0 Å². The highest BCUT2D eigenvalue weighted by Gasteiger charge is 3.01. The number of carbonyl (C=O) groups excluding carboxylic acids is 2. The summed E-state index contributed by atoms with van der Waals surface area (Å²) in [6.07, 6.45) is 8.24. The number of nitrogens with zero attached hydrogens (tertiary/aromatic N) is 1. The quantitative estimate of drug-likeness (QED) is 0.446. The van der Waals surface area contributed by atoms with Crippen LogP contribution in [-0.4, -0.2) is 23.0 Å². The molecule has 8 rings (SSSR count). The maximum atomic E-state index is 13.5. The molecule has 0 N–H and O–H groups in total. The Hall–Kier alpha value is -1.94. The van der Waals surface area contributed by atoms with E-state index >= 15 is 0 Å². The van der Waals surface area contributed by atoms with Crippen LogP contribution < -0.4 is 4.90 Å². The Morgan fingerprint density at radius 3 is 2.00 bits per heavy atom. The van der Waals surface area contributed by atoms with E-state index in [2.05, 4.69) is 12.2 Å². The molecule has 2 heterocycles. The SMILES string of the molecule is O=C1[C@@H]2[C@H](C(=O)N1c1ccccc1)[C@H]1C3(CC3)[C@H]2[C@]23O[C@]12[C@H]1C=C[C@H]3C1. The molecule has 4 bridgehead atoms. The van der Waals surface area contributed by atoms with E-state index in [0.717, 1.165) is 5.69 Å². The summed E-state index contributed by atoms with van der Waals surface area (Å²) in [5, 5.41) is 0. The summed E-state index contributed by atoms with van der Waals surface area (Å²) >= 11 is 0. The monoisotopic (exact) mass is 345 g/mol. The number of amides is 2. The van der Waals surface area contributed by atoms with Crippen LogP contribution in [0.15, 0.2) is 42.5 Å². The van der Waals surface area contributed by atoms with Gasteiger partial charge in [-0.2, -0.15) is 0 Å². The fourth-order valence-corrected chi connectivity index (χ4v) is 8.70. The lowest BCUT2D eigenvalue weighted by Gasteiger charge is -2.30. The first-order valence-corrected chi connectivity index (χ1v) is 9.98. The first kappa shape index (κ1) is 13.3. The van der Waals surface area contributed by atoms with E-state index in [1.807, 2.05) is 30.3 Å². The molecule has 2 amide bonds. The standard InChI is InChI=1S/C22H19NO3/c24-18-14-15(19(25)23(18)13-4-2-1-3-5-13)17-20(8-9-20)16(14)21-11-6-7-12(10-11)22(17,21)26-21/h1-7,11-12,14-17H,8-10H2/t11-,12-,14-,15+,16-,17-,21+,22-/m0/s1. The van der Waals surface area contributed by atoms with Gasteiger partial charge in [-0.05, 0) is 36.8 Å². The Bertz CT molecular complexity index is 913. The number of benzene rings is 1. The molecular formula is C22H19NO3. The van der Waals surface area contributed by atoms with Crippen LogP contribution in [0.25, 0.3) is 0 Å². The minimum absolute atomic E-state index is 0.0372. The van der Waals surface area contributed by atoms with Crippen LogP contribution >= 0.6 is 0 Å². The number of epoxide rings is 1. The lowest BCUT2D eigenvalue weighted by molar-refractivity contribution is -0.125. The Balaban J connectivity index is 1.33. The molecular weight excluding hydrogens is 326 g/mol. The molecule has 130 valence electrons. The highest BCUT2D eigenvalue weighted by molar-refractivity contribution is 6.23. The maximum absolute atomic E-state index is 13.5. The molecule has 0 aromatic heterocycles. The summed E-state index contributed by atoms with van der Waals surface area (Å²) in [4.78, 5) is 28.5. The molecule has 2 aliphatic heterocycles. The molecule has 26 heavy (non-hydrogen) atoms. The van der Waals surface area contributed by atoms with Gasteiger partial charge in [-0.15, -0.1) is 0 Å². The van der Waals surface area contributed by atoms with Crippen LogP contribution in [0, 0.1) is 40.9 Å². The summed E-state index contributed by atoms with van der Waals surface area (Å²) in [6.45, 7) is 0. The zero-order valence-corrected chi connectivity index (χ0v) is 14.3. The molecule has 4 heteroatoms. The third kappa shape index (κ3) is 0.958. The van der Waals surface area contributed by atoms with E-state index in [-0.39, 0.29) is 52.1 Å². The van der Waals surface area contributed by atoms with Crippen LogP contribution in [0.3, 0.4) is 0 Å². The Kier molecular flexibility index (Phi) is 1.76. The van der Waals surface area contributed by atoms with Gasteiger partial charge in [0.2, 0.25) is 11.8 Å². The Morgan fingerprint density at radius 2 is 1.46 bits per heavy atom. The van der Waals surface area contributed by atoms with Crippen LogP contribution in [0.1, 0.15) is 19.3 Å². The minimum atomic E-state index is -0.154. The fourth-order valence-electron chi connectivity index (χ4n) is 8.70. The molecule has 1 aromatic rings. The molecule has 4 nitrogen and oxygen atoms in total. The first-order valence-electron chi connectivity index (χ1n) is 9.98. The van der Waals surface area contributed by atoms with Crippen LogP contribution in [-0.2, 0) is 14.3 Å². The molecule has 7 aliphatic rings. The average Bonchev–Trinajstić information content (AvgIpc) is 3.37. The second-order valence-electron chi connectivity index (χ2n) is 9.61. The van der Waals surface area contributed by atoms with Crippen molar-refractivity contribution in [1.82, 2.24) is 0 Å². The smallest absolute Gasteiger partial charge is 0.238 e. The van der Waals surface area contributed by atoms with E-state index in [1.165, 1.54) is 24.2 Å². The normalized spacial score (nSPS) is 54.8. The molecule has 2 saturated heterocycles. The topological polar surface area (TPSA) is 49.9 Å². The number of hydrogen-bond donors (Lipinski definition) is 0. The molecule has 0 radical (unpaired) electrons. The number of fused-ring (bicyclic) bond motifs is 5. The molecule has 6 fully saturated rings. The van der Waals surface area contributed by atoms with Gasteiger partial charge in [0.1, 0.15) is 11.2 Å². The highest BCUT2D eigenvalue weighted by atomic mass is 16.6. The third-order valence-corrected chi connectivity index (χ3v) is 9.21. The van der Waals surface area contributed by atoms with Crippen molar-refractivity contribution >= 4 is 17.5 Å². The van der Waals surface area contributed by atoms with Crippen LogP contribution in [0.5, 0.6) is 0 Å². The van der Waals surface area contributed by atoms with Crippen molar-refractivity contribution in [3.63, 3.8) is 0 Å². The van der Waals surface area contributed by atoms with Crippen molar-refractivity contribution in [2.75, 3.05) is 4.90 Å². The summed E-state index contributed by atoms with van der Waals surface area (Å²) in [7, 11) is 0. The zero-order valence-electron chi connectivity index (χ0n) is 14.3. The fraction of sp³-hybridized carbons (Fsp3) is 0.545. The summed E-state index contributed by atoms with van der Waals surface area (Å²) in [5.41, 5.74) is 0.733. The summed E-state index contributed by atoms with van der Waals surface area (Å²) < 4.78 is 6.60. The molecule has 4 saturated carbocycles. The number of anilines is 1. The Morgan fingerprint density at radius 1 is 0.885 bits per heavy atom. The van der Waals surface area contributed by atoms with Crippen molar-refractivity contribution in [2.45, 2.75) is 30.5 Å². The molecule has 1 spiro atoms. The van der Waals surface area contributed by atoms with E-state index < -0.39 is 0 Å². The minimum Gasteiger partial charge on any atom is -0.361 e. The van der Waals surface area contributed by atoms with Crippen molar-refractivity contribution in [3.8, 4) is 0 Å². The van der Waals surface area contributed by atoms with Gasteiger partial charge in [-0.3, -0.25) is 14.5 Å². The van der Waals surface area contributed by atoms with Gasteiger partial charge in [0, 0.05) is 23.7 Å². The predicted octanol–water partition coefficient (Wildman–Crippen LogP) is 2.55. The summed E-state index contributed by atoms with van der Waals surface area (Å²) in [6, 6.07) is 9.49. The number of carbonyl (C=O) groups is 2. The van der Waals surface area contributed by atoms with Gasteiger partial charge in [-0.25, -0.2) is 0 Å². The Labute approximate surface area is 151 Å². The number of imide groups is 1. The third-order valence-electron chi connectivity index (χ3n) is 9.21. The number of ether oxygens (including phenoxy) is 1. The lowest BCUT2D eigenvalue weighted by atomic mass is 9.65. The van der Waals surface area contributed by atoms with Crippen LogP contribution in [0.4, 0.5) is 5.69 Å². The van der Waals surface area contributed by atoms with Crippen molar-refractivity contribution in [2.24, 2.45) is 40.9 Å². The number of rotatable bonds is 1. The van der Waals surface area contributed by atoms with Gasteiger partial charge >= 0.3 is 0 Å². The van der Waals surface area contributed by atoms with Gasteiger partial charge in [0.05, 0.1) is 17.5 Å². The summed E-state index contributed by atoms with van der Waals surface area (Å²) in [5.74, 6) is 1.22. The second kappa shape index (κ2) is 3.45. The van der Waals surface area contributed by atoms with E-state index in [1.54, 1.807) is 0 Å².